The van der Waals surface area contributed by atoms with Gasteiger partial charge in [-0.15, -0.1) is 22.7 Å². The Morgan fingerprint density at radius 3 is 2.53 bits per heavy atom. The predicted molar refractivity (Wildman–Crippen MR) is 121 cm³/mol. The molecule has 164 valence electrons. The Morgan fingerprint density at radius 1 is 1.00 bits per heavy atom. The van der Waals surface area contributed by atoms with Crippen molar-refractivity contribution in [2.75, 3.05) is 19.5 Å². The lowest BCUT2D eigenvalue weighted by atomic mass is 10.1. The van der Waals surface area contributed by atoms with Crippen molar-refractivity contribution in [1.82, 2.24) is 9.97 Å². The lowest BCUT2D eigenvalue weighted by Crippen LogP contribution is -2.12. The van der Waals surface area contributed by atoms with Crippen molar-refractivity contribution in [1.29, 1.82) is 0 Å². The van der Waals surface area contributed by atoms with E-state index in [9.17, 15) is 9.18 Å². The van der Waals surface area contributed by atoms with Crippen LogP contribution in [0.25, 0.3) is 11.3 Å². The number of hydrogen-bond acceptors (Lipinski definition) is 8. The van der Waals surface area contributed by atoms with Crippen molar-refractivity contribution in [3.8, 4) is 28.5 Å². The standard InChI is InChI=1S/C22H18FN3O4S2/c1-28-18-8-3-13(9-19(18)29-2)16-11-32-22(25-16)26-21(27)17-12-31-20(24-17)10-30-15-6-4-14(23)5-7-15/h3-9,11-12H,10H2,1-2H3,(H,25,26,27). The van der Waals surface area contributed by atoms with E-state index in [1.807, 2.05) is 17.5 Å². The summed E-state index contributed by atoms with van der Waals surface area (Å²) < 4.78 is 29.1. The fraction of sp³-hybridized carbons (Fsp3) is 0.136. The van der Waals surface area contributed by atoms with Crippen molar-refractivity contribution < 1.29 is 23.4 Å². The highest BCUT2D eigenvalue weighted by Crippen LogP contribution is 2.33. The van der Waals surface area contributed by atoms with E-state index in [1.165, 1.54) is 46.9 Å². The van der Waals surface area contributed by atoms with E-state index < -0.39 is 0 Å². The highest BCUT2D eigenvalue weighted by atomic mass is 32.1. The number of nitrogens with one attached hydrogen (secondary N) is 1. The van der Waals surface area contributed by atoms with E-state index in [0.717, 1.165) is 5.56 Å². The van der Waals surface area contributed by atoms with E-state index in [-0.39, 0.29) is 24.0 Å². The van der Waals surface area contributed by atoms with Gasteiger partial charge in [0.2, 0.25) is 0 Å². The number of rotatable bonds is 8. The van der Waals surface area contributed by atoms with E-state index in [0.29, 0.717) is 33.1 Å². The van der Waals surface area contributed by atoms with Crippen molar-refractivity contribution in [3.05, 3.63) is 69.7 Å². The summed E-state index contributed by atoms with van der Waals surface area (Å²) in [6.45, 7) is 0.185. The molecule has 2 aromatic heterocycles. The predicted octanol–water partition coefficient (Wildman–Crippen LogP) is 5.25. The molecule has 0 atom stereocenters. The minimum Gasteiger partial charge on any atom is -0.493 e. The second-order valence-electron chi connectivity index (χ2n) is 6.43. The van der Waals surface area contributed by atoms with Crippen molar-refractivity contribution in [3.63, 3.8) is 0 Å². The zero-order valence-corrected chi connectivity index (χ0v) is 18.8. The topological polar surface area (TPSA) is 82.6 Å². The molecule has 32 heavy (non-hydrogen) atoms. The van der Waals surface area contributed by atoms with Crippen LogP contribution >= 0.6 is 22.7 Å². The summed E-state index contributed by atoms with van der Waals surface area (Å²) in [4.78, 5) is 21.3. The van der Waals surface area contributed by atoms with Gasteiger partial charge in [-0.1, -0.05) is 0 Å². The summed E-state index contributed by atoms with van der Waals surface area (Å²) in [6, 6.07) is 11.2. The summed E-state index contributed by atoms with van der Waals surface area (Å²) in [6.07, 6.45) is 0. The average molecular weight is 472 g/mol. The van der Waals surface area contributed by atoms with Gasteiger partial charge >= 0.3 is 0 Å². The Hall–Kier alpha value is -3.50. The van der Waals surface area contributed by atoms with E-state index >= 15 is 0 Å². The SMILES string of the molecule is COc1ccc(-c2csc(NC(=O)c3csc(COc4ccc(F)cc4)n3)n2)cc1OC. The number of ether oxygens (including phenoxy) is 3. The first-order chi connectivity index (χ1) is 15.6. The maximum Gasteiger partial charge on any atom is 0.276 e. The van der Waals surface area contributed by atoms with Gasteiger partial charge in [-0.05, 0) is 42.5 Å². The minimum absolute atomic E-state index is 0.185. The summed E-state index contributed by atoms with van der Waals surface area (Å²) in [5.41, 5.74) is 1.82. The first-order valence-electron chi connectivity index (χ1n) is 9.38. The Morgan fingerprint density at radius 2 is 1.78 bits per heavy atom. The van der Waals surface area contributed by atoms with Crippen LogP contribution in [0.3, 0.4) is 0 Å². The molecule has 0 aliphatic rings. The van der Waals surface area contributed by atoms with Crippen LogP contribution in [0.2, 0.25) is 0 Å². The van der Waals surface area contributed by atoms with Crippen LogP contribution in [0.4, 0.5) is 9.52 Å². The quantitative estimate of drug-likeness (QED) is 0.378. The Bertz CT molecular complexity index is 1220. The first kappa shape index (κ1) is 21.7. The van der Waals surface area contributed by atoms with Gasteiger partial charge in [0.25, 0.3) is 5.91 Å². The monoisotopic (exact) mass is 471 g/mol. The van der Waals surface area contributed by atoms with Gasteiger partial charge in [-0.3, -0.25) is 10.1 Å². The third-order valence-electron chi connectivity index (χ3n) is 4.36. The number of aromatic nitrogens is 2. The van der Waals surface area contributed by atoms with Crippen molar-refractivity contribution in [2.45, 2.75) is 6.61 Å². The minimum atomic E-state index is -0.359. The van der Waals surface area contributed by atoms with Gasteiger partial charge in [-0.25, -0.2) is 14.4 Å². The lowest BCUT2D eigenvalue weighted by molar-refractivity contribution is 0.102. The molecule has 1 N–H and O–H groups in total. The molecular formula is C22H18FN3O4S2. The largest absolute Gasteiger partial charge is 0.493 e. The van der Waals surface area contributed by atoms with Crippen molar-refractivity contribution >= 4 is 33.7 Å². The first-order valence-corrected chi connectivity index (χ1v) is 11.1. The van der Waals surface area contributed by atoms with E-state index in [2.05, 4.69) is 15.3 Å². The third kappa shape index (κ3) is 5.04. The molecule has 0 aliphatic heterocycles. The van der Waals surface area contributed by atoms with Gasteiger partial charge in [0, 0.05) is 16.3 Å². The van der Waals surface area contributed by atoms with Gasteiger partial charge in [0.05, 0.1) is 19.9 Å². The molecule has 0 saturated carbocycles. The molecule has 4 rings (SSSR count). The molecule has 2 heterocycles. The fourth-order valence-corrected chi connectivity index (χ4v) is 4.18. The smallest absolute Gasteiger partial charge is 0.276 e. The number of hydrogen-bond donors (Lipinski definition) is 1. The van der Waals surface area contributed by atoms with Gasteiger partial charge in [0.15, 0.2) is 16.6 Å². The van der Waals surface area contributed by atoms with E-state index in [1.54, 1.807) is 25.7 Å². The number of methoxy groups -OCH3 is 2. The number of anilines is 1. The molecule has 7 nitrogen and oxygen atoms in total. The van der Waals surface area contributed by atoms with Crippen LogP contribution in [0.1, 0.15) is 15.5 Å². The molecule has 0 unspecified atom stereocenters. The number of nitrogens with zero attached hydrogens (tertiary/aromatic N) is 2. The number of carbonyl (C=O) groups excluding carboxylic acids is 1. The van der Waals surface area contributed by atoms with Crippen LogP contribution in [-0.2, 0) is 6.61 Å². The van der Waals surface area contributed by atoms with E-state index in [4.69, 9.17) is 14.2 Å². The van der Waals surface area contributed by atoms with Crippen LogP contribution < -0.4 is 19.5 Å². The molecule has 0 saturated heterocycles. The van der Waals surface area contributed by atoms with Crippen LogP contribution in [0.15, 0.2) is 53.2 Å². The maximum atomic E-state index is 13.0. The summed E-state index contributed by atoms with van der Waals surface area (Å²) in [5, 5.41) is 7.35. The summed E-state index contributed by atoms with van der Waals surface area (Å²) in [5.74, 6) is 1.06. The molecule has 2 aromatic carbocycles. The van der Waals surface area contributed by atoms with Gasteiger partial charge < -0.3 is 14.2 Å². The normalized spacial score (nSPS) is 10.6. The fourth-order valence-electron chi connectivity index (χ4n) is 2.78. The zero-order valence-electron chi connectivity index (χ0n) is 17.1. The van der Waals surface area contributed by atoms with Crippen LogP contribution in [0.5, 0.6) is 17.2 Å². The second-order valence-corrected chi connectivity index (χ2v) is 8.23. The summed E-state index contributed by atoms with van der Waals surface area (Å²) in [7, 11) is 3.15. The highest BCUT2D eigenvalue weighted by Gasteiger charge is 2.15. The number of halogens is 1. The van der Waals surface area contributed by atoms with Crippen LogP contribution in [0, 0.1) is 5.82 Å². The zero-order chi connectivity index (χ0) is 22.5. The summed E-state index contributed by atoms with van der Waals surface area (Å²) >= 11 is 2.62. The van der Waals surface area contributed by atoms with Gasteiger partial charge in [0.1, 0.15) is 28.9 Å². The van der Waals surface area contributed by atoms with Crippen LogP contribution in [-0.4, -0.2) is 30.1 Å². The molecule has 4 aromatic rings. The lowest BCUT2D eigenvalue weighted by Gasteiger charge is -2.08. The molecule has 0 bridgehead atoms. The Balaban J connectivity index is 1.38. The molecular weight excluding hydrogens is 453 g/mol. The number of amides is 1. The van der Waals surface area contributed by atoms with Gasteiger partial charge in [-0.2, -0.15) is 0 Å². The maximum absolute atomic E-state index is 13.0. The molecule has 0 spiro atoms. The Labute approximate surface area is 191 Å². The number of thiazole rings is 2. The molecule has 1 amide bonds. The third-order valence-corrected chi connectivity index (χ3v) is 5.94. The second kappa shape index (κ2) is 9.75. The van der Waals surface area contributed by atoms with Crippen molar-refractivity contribution in [2.24, 2.45) is 0 Å². The molecule has 10 heteroatoms. The average Bonchev–Trinajstić information content (AvgIpc) is 3.48. The Kier molecular flexibility index (Phi) is 6.62. The molecule has 0 aliphatic carbocycles. The highest BCUT2D eigenvalue weighted by molar-refractivity contribution is 7.14. The molecule has 0 fully saturated rings. The molecule has 0 radical (unpaired) electrons. The number of benzene rings is 2. The number of carbonyl (C=O) groups is 1.